The number of likely N-dealkylation sites (tertiary alicyclic amines) is 1. The molecule has 4 rings (SSSR count). The second-order valence-electron chi connectivity index (χ2n) is 11.2. The number of nitrogens with one attached hydrogen (secondary N) is 1. The van der Waals surface area contributed by atoms with Crippen molar-refractivity contribution in [3.05, 3.63) is 70.8 Å². The van der Waals surface area contributed by atoms with Crippen molar-refractivity contribution in [2.45, 2.75) is 90.2 Å². The van der Waals surface area contributed by atoms with Crippen molar-refractivity contribution in [1.82, 2.24) is 10.2 Å². The average Bonchev–Trinajstić information content (AvgIpc) is 3.35. The molecule has 8 nitrogen and oxygen atoms in total. The van der Waals surface area contributed by atoms with Crippen molar-refractivity contribution in [2.75, 3.05) is 13.1 Å². The van der Waals surface area contributed by atoms with Crippen molar-refractivity contribution in [1.29, 1.82) is 0 Å². The van der Waals surface area contributed by atoms with E-state index in [0.717, 1.165) is 41.6 Å². The molecule has 8 heteroatoms. The Kier molecular flexibility index (Phi) is 9.20. The van der Waals surface area contributed by atoms with E-state index in [1.54, 1.807) is 0 Å². The first kappa shape index (κ1) is 28.2. The van der Waals surface area contributed by atoms with Crippen molar-refractivity contribution in [2.24, 2.45) is 0 Å². The largest absolute Gasteiger partial charge is 0.459 e. The maximum atomic E-state index is 12.9. The van der Waals surface area contributed by atoms with E-state index in [4.69, 9.17) is 14.2 Å². The van der Waals surface area contributed by atoms with Crippen LogP contribution in [0, 0.1) is 0 Å². The summed E-state index contributed by atoms with van der Waals surface area (Å²) in [4.78, 5) is 26.3. The summed E-state index contributed by atoms with van der Waals surface area (Å²) in [6.07, 6.45) is 1.44. The molecule has 2 aliphatic heterocycles. The molecule has 0 aromatic heterocycles. The maximum absolute atomic E-state index is 12.9. The van der Waals surface area contributed by atoms with Gasteiger partial charge in [-0.25, -0.2) is 0 Å². The quantitative estimate of drug-likeness (QED) is 0.501. The van der Waals surface area contributed by atoms with Gasteiger partial charge in [-0.3, -0.25) is 14.5 Å². The molecular formula is C30H40N2O6. The van der Waals surface area contributed by atoms with E-state index < -0.39 is 11.9 Å². The topological polar surface area (TPSA) is 97.3 Å². The van der Waals surface area contributed by atoms with Crippen LogP contribution in [0.4, 0.5) is 0 Å². The van der Waals surface area contributed by atoms with E-state index in [2.05, 4.69) is 10.2 Å². The molecular weight excluding hydrogens is 484 g/mol. The highest BCUT2D eigenvalue weighted by Gasteiger charge is 2.38. The first-order valence-electron chi connectivity index (χ1n) is 13.4. The van der Waals surface area contributed by atoms with E-state index in [0.29, 0.717) is 19.5 Å². The van der Waals surface area contributed by atoms with Gasteiger partial charge in [0.15, 0.2) is 6.29 Å². The normalized spacial score (nSPS) is 24.2. The minimum atomic E-state index is -0.575. The number of rotatable bonds is 8. The standard InChI is InChI=1S/C30H40N2O6/c1-20(34)31-17-21-7-13-24(14-8-21)29-36-25(16-27(37-29)23-11-9-22(19-33)10-12-23)18-32-15-5-6-26(32)28(35)38-30(2,3)4/h7-14,25-27,29,33H,5-6,15-19H2,1-4H3,(H,31,34)/t25-,26+,27+,29+/m1/s1. The third kappa shape index (κ3) is 7.63. The number of carbonyl (C=O) groups excluding carboxylic acids is 2. The van der Waals surface area contributed by atoms with Crippen LogP contribution >= 0.6 is 0 Å². The number of nitrogens with zero attached hydrogens (tertiary/aromatic N) is 1. The Bertz CT molecular complexity index is 1080. The minimum absolute atomic E-state index is 0.00792. The first-order chi connectivity index (χ1) is 18.1. The number of benzene rings is 2. The van der Waals surface area contributed by atoms with Crippen molar-refractivity contribution in [3.8, 4) is 0 Å². The van der Waals surface area contributed by atoms with Crippen LogP contribution in [0.2, 0.25) is 0 Å². The van der Waals surface area contributed by atoms with E-state index in [-0.39, 0.29) is 36.7 Å². The fourth-order valence-corrected chi connectivity index (χ4v) is 5.00. The van der Waals surface area contributed by atoms with Crippen LogP contribution in [0.15, 0.2) is 48.5 Å². The predicted molar refractivity (Wildman–Crippen MR) is 143 cm³/mol. The Morgan fingerprint density at radius 1 is 1.03 bits per heavy atom. The van der Waals surface area contributed by atoms with Crippen molar-refractivity contribution in [3.63, 3.8) is 0 Å². The summed E-state index contributed by atoms with van der Waals surface area (Å²) in [6.45, 7) is 9.06. The van der Waals surface area contributed by atoms with E-state index >= 15 is 0 Å². The van der Waals surface area contributed by atoms with Gasteiger partial charge < -0.3 is 24.6 Å². The smallest absolute Gasteiger partial charge is 0.323 e. The summed E-state index contributed by atoms with van der Waals surface area (Å²) < 4.78 is 18.6. The number of aliphatic hydroxyl groups excluding tert-OH is 1. The predicted octanol–water partition coefficient (Wildman–Crippen LogP) is 4.17. The van der Waals surface area contributed by atoms with E-state index in [9.17, 15) is 14.7 Å². The van der Waals surface area contributed by atoms with Crippen LogP contribution in [-0.4, -0.2) is 52.7 Å². The molecule has 0 radical (unpaired) electrons. The van der Waals surface area contributed by atoms with Gasteiger partial charge in [-0.2, -0.15) is 0 Å². The van der Waals surface area contributed by atoms with Gasteiger partial charge in [0.1, 0.15) is 11.6 Å². The van der Waals surface area contributed by atoms with Gasteiger partial charge in [0.25, 0.3) is 0 Å². The third-order valence-electron chi connectivity index (χ3n) is 6.89. The molecule has 1 amide bonds. The zero-order chi connectivity index (χ0) is 27.3. The monoisotopic (exact) mass is 524 g/mol. The van der Waals surface area contributed by atoms with Crippen LogP contribution in [0.3, 0.4) is 0 Å². The fraction of sp³-hybridized carbons (Fsp3) is 0.533. The lowest BCUT2D eigenvalue weighted by atomic mass is 9.99. The molecule has 0 bridgehead atoms. The first-order valence-corrected chi connectivity index (χ1v) is 13.4. The van der Waals surface area contributed by atoms with Gasteiger partial charge in [0, 0.05) is 32.0 Å². The molecule has 0 saturated carbocycles. The van der Waals surface area contributed by atoms with Gasteiger partial charge in [0.05, 0.1) is 18.8 Å². The molecule has 2 N–H and O–H groups in total. The molecule has 0 spiro atoms. The lowest BCUT2D eigenvalue weighted by Crippen LogP contribution is -2.45. The SMILES string of the molecule is CC(=O)NCc1ccc([C@H]2O[C@@H](CN3CCC[C@H]3C(=O)OC(C)(C)C)C[C@@H](c3ccc(CO)cc3)O2)cc1. The zero-order valence-electron chi connectivity index (χ0n) is 22.8. The molecule has 38 heavy (non-hydrogen) atoms. The summed E-state index contributed by atoms with van der Waals surface area (Å²) in [7, 11) is 0. The summed E-state index contributed by atoms with van der Waals surface area (Å²) >= 11 is 0. The second kappa shape index (κ2) is 12.4. The van der Waals surface area contributed by atoms with Crippen molar-refractivity contribution >= 4 is 11.9 Å². The Morgan fingerprint density at radius 2 is 1.68 bits per heavy atom. The number of amides is 1. The van der Waals surface area contributed by atoms with Gasteiger partial charge in [-0.1, -0.05) is 48.5 Å². The zero-order valence-corrected chi connectivity index (χ0v) is 22.8. The molecule has 2 fully saturated rings. The molecule has 4 atom stereocenters. The lowest BCUT2D eigenvalue weighted by molar-refractivity contribution is -0.253. The Labute approximate surface area is 225 Å². The van der Waals surface area contributed by atoms with Crippen LogP contribution in [-0.2, 0) is 37.0 Å². The van der Waals surface area contributed by atoms with Gasteiger partial charge in [-0.05, 0) is 56.8 Å². The summed E-state index contributed by atoms with van der Waals surface area (Å²) in [6, 6.07) is 15.4. The van der Waals surface area contributed by atoms with Crippen LogP contribution in [0.25, 0.3) is 0 Å². The van der Waals surface area contributed by atoms with E-state index in [1.165, 1.54) is 6.92 Å². The van der Waals surface area contributed by atoms with Crippen LogP contribution in [0.5, 0.6) is 0 Å². The highest BCUT2D eigenvalue weighted by Crippen LogP contribution is 2.39. The maximum Gasteiger partial charge on any atom is 0.323 e. The number of hydrogen-bond acceptors (Lipinski definition) is 7. The van der Waals surface area contributed by atoms with Gasteiger partial charge in [-0.15, -0.1) is 0 Å². The highest BCUT2D eigenvalue weighted by molar-refractivity contribution is 5.76. The average molecular weight is 525 g/mol. The summed E-state index contributed by atoms with van der Waals surface area (Å²) in [5, 5.41) is 12.3. The number of aliphatic hydroxyl groups is 1. The molecule has 2 aliphatic rings. The number of esters is 1. The molecule has 2 aromatic rings. The van der Waals surface area contributed by atoms with Crippen LogP contribution < -0.4 is 5.32 Å². The summed E-state index contributed by atoms with van der Waals surface area (Å²) in [5.41, 5.74) is 3.23. The number of carbonyl (C=O) groups is 2. The molecule has 0 aliphatic carbocycles. The third-order valence-corrected chi connectivity index (χ3v) is 6.89. The Hall–Kier alpha value is -2.78. The molecule has 2 aromatic carbocycles. The Balaban J connectivity index is 1.51. The van der Waals surface area contributed by atoms with Crippen molar-refractivity contribution < 1.29 is 28.9 Å². The molecule has 2 saturated heterocycles. The minimum Gasteiger partial charge on any atom is -0.459 e. The summed E-state index contributed by atoms with van der Waals surface area (Å²) in [5.74, 6) is -0.248. The van der Waals surface area contributed by atoms with Gasteiger partial charge in [0.2, 0.25) is 5.91 Å². The number of hydrogen-bond donors (Lipinski definition) is 2. The second-order valence-corrected chi connectivity index (χ2v) is 11.2. The number of ether oxygens (including phenoxy) is 3. The highest BCUT2D eigenvalue weighted by atomic mass is 16.7. The van der Waals surface area contributed by atoms with Crippen LogP contribution in [0.1, 0.15) is 81.6 Å². The van der Waals surface area contributed by atoms with Gasteiger partial charge >= 0.3 is 5.97 Å². The fourth-order valence-electron chi connectivity index (χ4n) is 5.00. The molecule has 206 valence electrons. The Morgan fingerprint density at radius 3 is 2.32 bits per heavy atom. The van der Waals surface area contributed by atoms with E-state index in [1.807, 2.05) is 69.3 Å². The molecule has 2 heterocycles. The lowest BCUT2D eigenvalue weighted by Gasteiger charge is -2.38. The molecule has 0 unspecified atom stereocenters.